The number of halogens is 2. The SMILES string of the molecule is CCN(CC)C(=O)Oc1ccc2c(ccn2Cc2ccc(C)c(F)c2F)c1-c1ccc(OC)c(OC)c1. The lowest BCUT2D eigenvalue weighted by atomic mass is 10.00. The Bertz CT molecular complexity index is 1440. The number of nitrogens with zero attached hydrogens (tertiary/aromatic N) is 2. The highest BCUT2D eigenvalue weighted by Crippen LogP contribution is 2.41. The van der Waals surface area contributed by atoms with E-state index in [2.05, 4.69) is 0 Å². The van der Waals surface area contributed by atoms with Crippen LogP contribution in [0.1, 0.15) is 25.0 Å². The molecule has 0 fully saturated rings. The molecule has 8 heteroatoms. The molecule has 0 aliphatic rings. The Morgan fingerprint density at radius 3 is 2.27 bits per heavy atom. The van der Waals surface area contributed by atoms with Crippen LogP contribution in [0.2, 0.25) is 0 Å². The second kappa shape index (κ2) is 10.9. The molecule has 1 heterocycles. The van der Waals surface area contributed by atoms with Crippen LogP contribution < -0.4 is 14.2 Å². The number of hydrogen-bond donors (Lipinski definition) is 0. The first kappa shape index (κ1) is 26.0. The average molecular weight is 509 g/mol. The molecule has 0 aliphatic heterocycles. The normalized spacial score (nSPS) is 11.0. The fraction of sp³-hybridized carbons (Fsp3) is 0.276. The van der Waals surface area contributed by atoms with E-state index >= 15 is 0 Å². The summed E-state index contributed by atoms with van der Waals surface area (Å²) in [4.78, 5) is 14.4. The molecule has 0 N–H and O–H groups in total. The van der Waals surface area contributed by atoms with Crippen molar-refractivity contribution in [2.75, 3.05) is 27.3 Å². The summed E-state index contributed by atoms with van der Waals surface area (Å²) in [6, 6.07) is 14.0. The molecule has 0 bridgehead atoms. The van der Waals surface area contributed by atoms with Crippen molar-refractivity contribution in [3.63, 3.8) is 0 Å². The zero-order valence-corrected chi connectivity index (χ0v) is 21.6. The van der Waals surface area contributed by atoms with Crippen LogP contribution in [0, 0.1) is 18.6 Å². The van der Waals surface area contributed by atoms with Gasteiger partial charge in [-0.15, -0.1) is 0 Å². The number of aryl methyl sites for hydroxylation is 1. The van der Waals surface area contributed by atoms with Gasteiger partial charge in [0.15, 0.2) is 23.1 Å². The number of aromatic nitrogens is 1. The summed E-state index contributed by atoms with van der Waals surface area (Å²) in [5.41, 5.74) is 2.69. The second-order valence-corrected chi connectivity index (χ2v) is 8.59. The molecule has 0 unspecified atom stereocenters. The summed E-state index contributed by atoms with van der Waals surface area (Å²) in [7, 11) is 3.11. The minimum Gasteiger partial charge on any atom is -0.493 e. The largest absolute Gasteiger partial charge is 0.493 e. The first-order valence-corrected chi connectivity index (χ1v) is 12.1. The smallest absolute Gasteiger partial charge is 0.415 e. The van der Waals surface area contributed by atoms with Gasteiger partial charge < -0.3 is 23.7 Å². The molecular weight excluding hydrogens is 478 g/mol. The number of carbonyl (C=O) groups is 1. The highest BCUT2D eigenvalue weighted by Gasteiger charge is 2.21. The summed E-state index contributed by atoms with van der Waals surface area (Å²) >= 11 is 0. The number of rotatable bonds is 8. The van der Waals surface area contributed by atoms with E-state index in [1.54, 1.807) is 43.4 Å². The van der Waals surface area contributed by atoms with Gasteiger partial charge in [-0.25, -0.2) is 13.6 Å². The Kier molecular flexibility index (Phi) is 7.66. The van der Waals surface area contributed by atoms with Gasteiger partial charge in [-0.2, -0.15) is 0 Å². The molecule has 3 aromatic carbocycles. The van der Waals surface area contributed by atoms with Crippen molar-refractivity contribution in [2.45, 2.75) is 27.3 Å². The van der Waals surface area contributed by atoms with Crippen LogP contribution in [0.3, 0.4) is 0 Å². The number of methoxy groups -OCH3 is 2. The predicted octanol–water partition coefficient (Wildman–Crippen LogP) is 6.80. The van der Waals surface area contributed by atoms with Crippen molar-refractivity contribution >= 4 is 17.0 Å². The fourth-order valence-corrected chi connectivity index (χ4v) is 4.40. The third kappa shape index (κ3) is 4.96. The Morgan fingerprint density at radius 2 is 1.59 bits per heavy atom. The van der Waals surface area contributed by atoms with Crippen LogP contribution in [-0.4, -0.2) is 42.9 Å². The molecule has 0 spiro atoms. The van der Waals surface area contributed by atoms with Crippen molar-refractivity contribution in [1.29, 1.82) is 0 Å². The number of ether oxygens (including phenoxy) is 3. The van der Waals surface area contributed by atoms with Crippen molar-refractivity contribution in [3.05, 3.63) is 77.5 Å². The molecule has 4 rings (SSSR count). The molecule has 0 radical (unpaired) electrons. The predicted molar refractivity (Wildman–Crippen MR) is 140 cm³/mol. The summed E-state index contributed by atoms with van der Waals surface area (Å²) in [5.74, 6) is -0.233. The highest BCUT2D eigenvalue weighted by atomic mass is 19.2. The molecule has 194 valence electrons. The number of carbonyl (C=O) groups excluding carboxylic acids is 1. The van der Waals surface area contributed by atoms with Crippen LogP contribution in [-0.2, 0) is 6.54 Å². The lowest BCUT2D eigenvalue weighted by molar-refractivity contribution is 0.157. The van der Waals surface area contributed by atoms with Crippen LogP contribution >= 0.6 is 0 Å². The molecular formula is C29H30F2N2O4. The Hall–Kier alpha value is -4.07. The van der Waals surface area contributed by atoms with E-state index in [-0.39, 0.29) is 17.7 Å². The first-order valence-electron chi connectivity index (χ1n) is 12.1. The molecule has 0 saturated heterocycles. The Balaban J connectivity index is 1.86. The van der Waals surface area contributed by atoms with E-state index in [0.29, 0.717) is 35.9 Å². The summed E-state index contributed by atoms with van der Waals surface area (Å²) < 4.78 is 47.4. The molecule has 4 aromatic rings. The molecule has 0 atom stereocenters. The van der Waals surface area contributed by atoms with Gasteiger partial charge in [-0.3, -0.25) is 0 Å². The number of benzene rings is 3. The lowest BCUT2D eigenvalue weighted by Crippen LogP contribution is -2.33. The van der Waals surface area contributed by atoms with E-state index in [1.807, 2.05) is 48.9 Å². The zero-order chi connectivity index (χ0) is 26.7. The van der Waals surface area contributed by atoms with E-state index in [9.17, 15) is 13.6 Å². The highest BCUT2D eigenvalue weighted by molar-refractivity contribution is 6.00. The van der Waals surface area contributed by atoms with Gasteiger partial charge in [0, 0.05) is 41.3 Å². The van der Waals surface area contributed by atoms with Crippen molar-refractivity contribution in [2.24, 2.45) is 0 Å². The van der Waals surface area contributed by atoms with Crippen molar-refractivity contribution < 1.29 is 27.8 Å². The quantitative estimate of drug-likeness (QED) is 0.263. The lowest BCUT2D eigenvalue weighted by Gasteiger charge is -2.20. The van der Waals surface area contributed by atoms with E-state index < -0.39 is 17.7 Å². The van der Waals surface area contributed by atoms with Crippen LogP contribution in [0.5, 0.6) is 17.2 Å². The van der Waals surface area contributed by atoms with Crippen LogP contribution in [0.25, 0.3) is 22.0 Å². The molecule has 0 saturated carbocycles. The number of hydrogen-bond acceptors (Lipinski definition) is 4. The zero-order valence-electron chi connectivity index (χ0n) is 21.6. The summed E-state index contributed by atoms with van der Waals surface area (Å²) in [5, 5.41) is 0.782. The van der Waals surface area contributed by atoms with Crippen molar-refractivity contribution in [1.82, 2.24) is 9.47 Å². The van der Waals surface area contributed by atoms with Crippen LogP contribution in [0.4, 0.5) is 13.6 Å². The fourth-order valence-electron chi connectivity index (χ4n) is 4.40. The van der Waals surface area contributed by atoms with Gasteiger partial charge in [0.1, 0.15) is 5.75 Å². The minimum atomic E-state index is -0.855. The third-order valence-corrected chi connectivity index (χ3v) is 6.50. The molecule has 1 amide bonds. The van der Waals surface area contributed by atoms with Gasteiger partial charge in [0.25, 0.3) is 0 Å². The molecule has 6 nitrogen and oxygen atoms in total. The minimum absolute atomic E-state index is 0.135. The second-order valence-electron chi connectivity index (χ2n) is 8.59. The molecule has 1 aromatic heterocycles. The van der Waals surface area contributed by atoms with Gasteiger partial charge in [0.05, 0.1) is 20.8 Å². The first-order chi connectivity index (χ1) is 17.8. The average Bonchev–Trinajstić information content (AvgIpc) is 3.31. The summed E-state index contributed by atoms with van der Waals surface area (Å²) in [6.07, 6.45) is 1.35. The van der Waals surface area contributed by atoms with Gasteiger partial charge in [-0.1, -0.05) is 18.2 Å². The van der Waals surface area contributed by atoms with Crippen molar-refractivity contribution in [3.8, 4) is 28.4 Å². The topological polar surface area (TPSA) is 52.9 Å². The standard InChI is InChI=1S/C29H30F2N2O4/c1-6-32(7-2)29(34)37-24-13-11-22-21(26(24)19-10-12-23(35-4)25(16-19)36-5)14-15-33(22)17-20-9-8-18(3)27(30)28(20)31/h8-16H,6-7,17H2,1-5H3. The van der Waals surface area contributed by atoms with E-state index in [4.69, 9.17) is 14.2 Å². The number of fused-ring (bicyclic) bond motifs is 1. The Morgan fingerprint density at radius 1 is 0.892 bits per heavy atom. The molecule has 37 heavy (non-hydrogen) atoms. The Labute approximate surface area is 215 Å². The monoisotopic (exact) mass is 508 g/mol. The summed E-state index contributed by atoms with van der Waals surface area (Å²) in [6.45, 7) is 6.46. The van der Waals surface area contributed by atoms with Gasteiger partial charge in [-0.05, 0) is 62.2 Å². The van der Waals surface area contributed by atoms with E-state index in [1.165, 1.54) is 6.92 Å². The third-order valence-electron chi connectivity index (χ3n) is 6.50. The van der Waals surface area contributed by atoms with Gasteiger partial charge >= 0.3 is 6.09 Å². The maximum Gasteiger partial charge on any atom is 0.415 e. The van der Waals surface area contributed by atoms with Crippen LogP contribution in [0.15, 0.2) is 54.7 Å². The maximum atomic E-state index is 14.6. The maximum absolute atomic E-state index is 14.6. The van der Waals surface area contributed by atoms with E-state index in [0.717, 1.165) is 16.5 Å². The van der Waals surface area contributed by atoms with Gasteiger partial charge in [0.2, 0.25) is 0 Å². The number of amides is 1. The molecule has 0 aliphatic carbocycles.